The van der Waals surface area contributed by atoms with Crippen LogP contribution in [-0.2, 0) is 12.0 Å². The van der Waals surface area contributed by atoms with Crippen LogP contribution in [0.5, 0.6) is 0 Å². The Morgan fingerprint density at radius 1 is 1.35 bits per heavy atom. The number of nitrogens with zero attached hydrogens (tertiary/aromatic N) is 3. The second kappa shape index (κ2) is 5.38. The van der Waals surface area contributed by atoms with Crippen LogP contribution in [0.3, 0.4) is 0 Å². The molecule has 0 saturated heterocycles. The van der Waals surface area contributed by atoms with Gasteiger partial charge in [-0.1, -0.05) is 20.8 Å². The molecule has 0 aliphatic rings. The van der Waals surface area contributed by atoms with E-state index in [1.807, 2.05) is 20.8 Å². The first-order valence-electron chi connectivity index (χ1n) is 7.10. The van der Waals surface area contributed by atoms with Crippen LogP contribution in [-0.4, -0.2) is 31.0 Å². The molecule has 120 valence electrons. The van der Waals surface area contributed by atoms with Gasteiger partial charge in [0, 0.05) is 5.41 Å². The molecule has 0 spiro atoms. The Bertz CT molecular complexity index is 859. The number of carboxylic acid groups (broad SMARTS) is 1. The van der Waals surface area contributed by atoms with Gasteiger partial charge in [0.05, 0.1) is 18.1 Å². The normalized spacial score (nSPS) is 11.8. The topological polar surface area (TPSA) is 117 Å². The molecule has 3 heterocycles. The predicted octanol–water partition coefficient (Wildman–Crippen LogP) is 2.55. The highest BCUT2D eigenvalue weighted by Crippen LogP contribution is 2.24. The van der Waals surface area contributed by atoms with Crippen LogP contribution in [0.4, 0.5) is 5.82 Å². The van der Waals surface area contributed by atoms with Gasteiger partial charge >= 0.3 is 5.97 Å². The smallest absolute Gasteiger partial charge is 0.352 e. The fraction of sp³-hybridized carbons (Fsp3) is 0.333. The molecule has 3 aromatic heterocycles. The first-order valence-corrected chi connectivity index (χ1v) is 7.10. The van der Waals surface area contributed by atoms with Gasteiger partial charge in [-0.05, 0) is 6.07 Å². The van der Waals surface area contributed by atoms with E-state index in [9.17, 15) is 4.79 Å². The van der Waals surface area contributed by atoms with Crippen LogP contribution in [0.25, 0.3) is 11.0 Å². The Balaban J connectivity index is 1.82. The number of oxazole rings is 1. The molecule has 0 saturated carbocycles. The van der Waals surface area contributed by atoms with E-state index in [1.54, 1.807) is 6.20 Å². The zero-order chi connectivity index (χ0) is 16.6. The summed E-state index contributed by atoms with van der Waals surface area (Å²) < 4.78 is 5.71. The number of aromatic amines is 1. The molecule has 0 atom stereocenters. The second-order valence-electron chi connectivity index (χ2n) is 6.19. The summed E-state index contributed by atoms with van der Waals surface area (Å²) in [7, 11) is 0. The Hall–Kier alpha value is -2.90. The van der Waals surface area contributed by atoms with Gasteiger partial charge in [-0.15, -0.1) is 0 Å². The number of anilines is 1. The van der Waals surface area contributed by atoms with E-state index in [0.717, 1.165) is 5.76 Å². The first kappa shape index (κ1) is 15.0. The molecule has 0 aliphatic carbocycles. The summed E-state index contributed by atoms with van der Waals surface area (Å²) in [5, 5.41) is 12.7. The summed E-state index contributed by atoms with van der Waals surface area (Å²) in [6.07, 6.45) is 3.08. The molecular formula is C15H17N5O3. The Labute approximate surface area is 132 Å². The van der Waals surface area contributed by atoms with Crippen LogP contribution in [0.15, 0.2) is 23.0 Å². The summed E-state index contributed by atoms with van der Waals surface area (Å²) in [5.41, 5.74) is 0.419. The van der Waals surface area contributed by atoms with Gasteiger partial charge in [0.15, 0.2) is 0 Å². The van der Waals surface area contributed by atoms with Crippen molar-refractivity contribution in [3.63, 3.8) is 0 Å². The first-order chi connectivity index (χ1) is 10.8. The summed E-state index contributed by atoms with van der Waals surface area (Å²) in [4.78, 5) is 26.2. The van der Waals surface area contributed by atoms with E-state index in [0.29, 0.717) is 29.3 Å². The summed E-state index contributed by atoms with van der Waals surface area (Å²) in [6, 6.07) is 1.50. The highest BCUT2D eigenvalue weighted by Gasteiger charge is 2.19. The van der Waals surface area contributed by atoms with Crippen LogP contribution in [0.1, 0.15) is 42.9 Å². The molecule has 3 rings (SSSR count). The van der Waals surface area contributed by atoms with Gasteiger partial charge in [-0.2, -0.15) is 0 Å². The molecule has 3 N–H and O–H groups in total. The zero-order valence-corrected chi connectivity index (χ0v) is 13.0. The van der Waals surface area contributed by atoms with Gasteiger partial charge < -0.3 is 19.8 Å². The SMILES string of the molecule is CC(C)(C)c1cnc(CNc2ncnc3[nH]c(C(=O)O)cc23)o1. The minimum atomic E-state index is -1.04. The molecule has 0 unspecified atom stereocenters. The van der Waals surface area contributed by atoms with Gasteiger partial charge in [0.25, 0.3) is 0 Å². The fourth-order valence-electron chi connectivity index (χ4n) is 2.09. The summed E-state index contributed by atoms with van der Waals surface area (Å²) >= 11 is 0. The lowest BCUT2D eigenvalue weighted by Crippen LogP contribution is -2.09. The van der Waals surface area contributed by atoms with Crippen molar-refractivity contribution >= 4 is 22.8 Å². The number of fused-ring (bicyclic) bond motifs is 1. The number of aromatic carboxylic acids is 1. The van der Waals surface area contributed by atoms with Crippen LogP contribution < -0.4 is 5.32 Å². The minimum absolute atomic E-state index is 0.0645. The van der Waals surface area contributed by atoms with E-state index in [1.165, 1.54) is 12.4 Å². The van der Waals surface area contributed by atoms with Crippen molar-refractivity contribution < 1.29 is 14.3 Å². The van der Waals surface area contributed by atoms with Crippen LogP contribution in [0.2, 0.25) is 0 Å². The van der Waals surface area contributed by atoms with Gasteiger partial charge in [-0.25, -0.2) is 19.7 Å². The number of rotatable bonds is 4. The maximum atomic E-state index is 11.0. The number of carbonyl (C=O) groups is 1. The van der Waals surface area contributed by atoms with E-state index in [2.05, 4.69) is 25.3 Å². The maximum absolute atomic E-state index is 11.0. The van der Waals surface area contributed by atoms with E-state index < -0.39 is 5.97 Å². The lowest BCUT2D eigenvalue weighted by Gasteiger charge is -2.13. The number of hydrogen-bond acceptors (Lipinski definition) is 6. The highest BCUT2D eigenvalue weighted by molar-refractivity contribution is 5.96. The standard InChI is InChI=1S/C15H17N5O3/c1-15(2,3)10-5-16-11(23-10)6-17-12-8-4-9(14(21)22)20-13(8)19-7-18-12/h4-5,7H,6H2,1-3H3,(H,21,22)(H2,17,18,19,20). The third kappa shape index (κ3) is 3.01. The molecule has 8 heteroatoms. The second-order valence-corrected chi connectivity index (χ2v) is 6.19. The van der Waals surface area contributed by atoms with Crippen LogP contribution in [0, 0.1) is 0 Å². The van der Waals surface area contributed by atoms with Crippen molar-refractivity contribution in [1.29, 1.82) is 0 Å². The van der Waals surface area contributed by atoms with E-state index >= 15 is 0 Å². The average Bonchev–Trinajstić information content (AvgIpc) is 3.11. The number of H-pyrrole nitrogens is 1. The molecule has 0 aliphatic heterocycles. The monoisotopic (exact) mass is 315 g/mol. The van der Waals surface area contributed by atoms with Gasteiger partial charge in [0.2, 0.25) is 5.89 Å². The van der Waals surface area contributed by atoms with Crippen molar-refractivity contribution in [3.8, 4) is 0 Å². The number of carboxylic acids is 1. The molecular weight excluding hydrogens is 298 g/mol. The van der Waals surface area contributed by atoms with Crippen molar-refractivity contribution in [2.24, 2.45) is 0 Å². The zero-order valence-electron chi connectivity index (χ0n) is 13.0. The minimum Gasteiger partial charge on any atom is -0.477 e. The van der Waals surface area contributed by atoms with Crippen LogP contribution >= 0.6 is 0 Å². The Kier molecular flexibility index (Phi) is 3.51. The van der Waals surface area contributed by atoms with Crippen molar-refractivity contribution in [2.45, 2.75) is 32.7 Å². The van der Waals surface area contributed by atoms with Crippen molar-refractivity contribution in [3.05, 3.63) is 35.9 Å². The Morgan fingerprint density at radius 3 is 2.78 bits per heavy atom. The summed E-state index contributed by atoms with van der Waals surface area (Å²) in [5.74, 6) is 0.818. The number of aromatic nitrogens is 4. The van der Waals surface area contributed by atoms with Gasteiger partial charge in [0.1, 0.15) is 29.2 Å². The Morgan fingerprint density at radius 2 is 2.13 bits per heavy atom. The fourth-order valence-corrected chi connectivity index (χ4v) is 2.09. The highest BCUT2D eigenvalue weighted by atomic mass is 16.4. The number of hydrogen-bond donors (Lipinski definition) is 3. The molecule has 0 radical (unpaired) electrons. The molecule has 0 bridgehead atoms. The van der Waals surface area contributed by atoms with E-state index in [4.69, 9.17) is 9.52 Å². The van der Waals surface area contributed by atoms with E-state index in [-0.39, 0.29) is 11.1 Å². The summed E-state index contributed by atoms with van der Waals surface area (Å²) in [6.45, 7) is 6.49. The molecule has 3 aromatic rings. The number of nitrogens with one attached hydrogen (secondary N) is 2. The quantitative estimate of drug-likeness (QED) is 0.677. The van der Waals surface area contributed by atoms with Crippen molar-refractivity contribution in [2.75, 3.05) is 5.32 Å². The predicted molar refractivity (Wildman–Crippen MR) is 83.4 cm³/mol. The third-order valence-corrected chi connectivity index (χ3v) is 3.36. The molecule has 0 amide bonds. The molecule has 8 nitrogen and oxygen atoms in total. The van der Waals surface area contributed by atoms with Gasteiger partial charge in [-0.3, -0.25) is 0 Å². The molecule has 0 fully saturated rings. The average molecular weight is 315 g/mol. The third-order valence-electron chi connectivity index (χ3n) is 3.36. The maximum Gasteiger partial charge on any atom is 0.352 e. The largest absolute Gasteiger partial charge is 0.477 e. The lowest BCUT2D eigenvalue weighted by molar-refractivity contribution is 0.0691. The van der Waals surface area contributed by atoms with Crippen molar-refractivity contribution in [1.82, 2.24) is 19.9 Å². The molecule has 0 aromatic carbocycles. The lowest BCUT2D eigenvalue weighted by atomic mass is 9.94. The molecule has 23 heavy (non-hydrogen) atoms.